The predicted octanol–water partition coefficient (Wildman–Crippen LogP) is 3.64. The topological polar surface area (TPSA) is 29.3 Å². The molecule has 0 fully saturated rings. The van der Waals surface area contributed by atoms with Gasteiger partial charge in [-0.05, 0) is 18.2 Å². The summed E-state index contributed by atoms with van der Waals surface area (Å²) in [6.45, 7) is 4.64. The second-order valence-corrected chi connectivity index (χ2v) is 5.41. The van der Waals surface area contributed by atoms with Gasteiger partial charge in [0.1, 0.15) is 11.5 Å². The van der Waals surface area contributed by atoms with Gasteiger partial charge in [0.2, 0.25) is 0 Å². The average Bonchev–Trinajstić information content (AvgIpc) is 2.94. The predicted molar refractivity (Wildman–Crippen MR) is 82.6 cm³/mol. The summed E-state index contributed by atoms with van der Waals surface area (Å²) < 4.78 is 16.2. The molecule has 0 aliphatic carbocycles. The summed E-state index contributed by atoms with van der Waals surface area (Å²) in [7, 11) is 0. The van der Waals surface area contributed by atoms with E-state index in [2.05, 4.69) is 10.3 Å². The van der Waals surface area contributed by atoms with E-state index >= 15 is 0 Å². The zero-order valence-corrected chi connectivity index (χ0v) is 12.2. The summed E-state index contributed by atoms with van der Waals surface area (Å²) >= 11 is 0. The van der Waals surface area contributed by atoms with Crippen LogP contribution in [0, 0.1) is 5.82 Å². The van der Waals surface area contributed by atoms with Gasteiger partial charge in [0, 0.05) is 36.1 Å². The maximum atomic E-state index is 14.2. The molecule has 2 heterocycles. The van der Waals surface area contributed by atoms with E-state index in [-0.39, 0.29) is 5.82 Å². The van der Waals surface area contributed by atoms with E-state index in [4.69, 9.17) is 0 Å². The van der Waals surface area contributed by atoms with Crippen LogP contribution in [-0.4, -0.2) is 15.4 Å². The summed E-state index contributed by atoms with van der Waals surface area (Å²) in [5.41, 5.74) is 3.33. The summed E-state index contributed by atoms with van der Waals surface area (Å²) in [6.07, 6.45) is 3.63. The highest BCUT2D eigenvalue weighted by Gasteiger charge is 2.08. The molecule has 1 N–H and O–H groups in total. The summed E-state index contributed by atoms with van der Waals surface area (Å²) in [5, 5.41) is 3.23. The summed E-state index contributed by atoms with van der Waals surface area (Å²) in [4.78, 5) is 4.25. The van der Waals surface area contributed by atoms with Crippen LogP contribution in [0.15, 0.2) is 48.8 Å². The van der Waals surface area contributed by atoms with Crippen molar-refractivity contribution in [3.63, 3.8) is 0 Å². The molecule has 3 aromatic rings. The van der Waals surface area contributed by atoms with Crippen molar-refractivity contribution >= 4 is 5.65 Å². The molecule has 0 spiro atoms. The third-order valence-corrected chi connectivity index (χ3v) is 3.48. The lowest BCUT2D eigenvalue weighted by atomic mass is 10.1. The number of benzene rings is 1. The van der Waals surface area contributed by atoms with E-state index in [1.165, 1.54) is 0 Å². The molecule has 1 aromatic carbocycles. The number of aromatic nitrogens is 2. The lowest BCUT2D eigenvalue weighted by Gasteiger charge is -2.11. The minimum atomic E-state index is -0.183. The van der Waals surface area contributed by atoms with Crippen LogP contribution in [0.2, 0.25) is 0 Å². The fourth-order valence-electron chi connectivity index (χ4n) is 2.35. The highest BCUT2D eigenvalue weighted by atomic mass is 19.1. The van der Waals surface area contributed by atoms with Gasteiger partial charge in [0.05, 0.1) is 5.69 Å². The number of hydrogen-bond donors (Lipinski definition) is 1. The highest BCUT2D eigenvalue weighted by molar-refractivity contribution is 5.64. The van der Waals surface area contributed by atoms with Crippen molar-refractivity contribution < 1.29 is 4.39 Å². The van der Waals surface area contributed by atoms with E-state index in [0.717, 1.165) is 16.9 Å². The average molecular weight is 283 g/mol. The van der Waals surface area contributed by atoms with Gasteiger partial charge < -0.3 is 5.32 Å². The Morgan fingerprint density at radius 1 is 1.24 bits per heavy atom. The van der Waals surface area contributed by atoms with Crippen LogP contribution < -0.4 is 5.32 Å². The first-order valence-corrected chi connectivity index (χ1v) is 7.09. The molecule has 0 saturated heterocycles. The quantitative estimate of drug-likeness (QED) is 0.792. The van der Waals surface area contributed by atoms with Crippen molar-refractivity contribution in [2.75, 3.05) is 0 Å². The van der Waals surface area contributed by atoms with Crippen molar-refractivity contribution in [2.24, 2.45) is 0 Å². The van der Waals surface area contributed by atoms with Crippen LogP contribution in [0.1, 0.15) is 19.4 Å². The van der Waals surface area contributed by atoms with Gasteiger partial charge in [-0.15, -0.1) is 0 Å². The summed E-state index contributed by atoms with van der Waals surface area (Å²) in [6, 6.07) is 11.6. The molecule has 0 unspecified atom stereocenters. The normalized spacial score (nSPS) is 11.4. The minimum Gasteiger partial charge on any atom is -0.310 e. The molecule has 0 bridgehead atoms. The number of imidazole rings is 1. The highest BCUT2D eigenvalue weighted by Crippen LogP contribution is 2.23. The molecule has 4 heteroatoms. The number of pyridine rings is 1. The van der Waals surface area contributed by atoms with Crippen LogP contribution in [0.3, 0.4) is 0 Å². The van der Waals surface area contributed by atoms with Crippen molar-refractivity contribution in [2.45, 2.75) is 26.4 Å². The first kappa shape index (κ1) is 13.8. The summed E-state index contributed by atoms with van der Waals surface area (Å²) in [5.74, 6) is -0.183. The molecule has 0 aliphatic heterocycles. The zero-order chi connectivity index (χ0) is 14.8. The van der Waals surface area contributed by atoms with Gasteiger partial charge >= 0.3 is 0 Å². The molecular weight excluding hydrogens is 265 g/mol. The Labute approximate surface area is 123 Å². The Kier molecular flexibility index (Phi) is 3.71. The molecule has 21 heavy (non-hydrogen) atoms. The maximum absolute atomic E-state index is 14.2. The standard InChI is InChI=1S/C17H18FN3/c1-12(2)20-11-14-7-6-13(10-15(14)18)16-4-3-5-17-19-8-9-21(16)17/h3-10,12,20H,11H2,1-2H3. The lowest BCUT2D eigenvalue weighted by Crippen LogP contribution is -2.22. The first-order valence-electron chi connectivity index (χ1n) is 7.09. The second-order valence-electron chi connectivity index (χ2n) is 5.41. The van der Waals surface area contributed by atoms with E-state index in [9.17, 15) is 4.39 Å². The van der Waals surface area contributed by atoms with E-state index in [1.807, 2.05) is 54.8 Å². The Morgan fingerprint density at radius 2 is 2.10 bits per heavy atom. The molecule has 2 aromatic heterocycles. The van der Waals surface area contributed by atoms with Gasteiger partial charge in [-0.1, -0.05) is 32.0 Å². The van der Waals surface area contributed by atoms with Crippen LogP contribution >= 0.6 is 0 Å². The Hall–Kier alpha value is -2.20. The van der Waals surface area contributed by atoms with Crippen molar-refractivity contribution in [3.05, 3.63) is 60.2 Å². The van der Waals surface area contributed by atoms with Gasteiger partial charge in [0.25, 0.3) is 0 Å². The van der Waals surface area contributed by atoms with E-state index in [1.54, 1.807) is 12.3 Å². The number of nitrogens with zero attached hydrogens (tertiary/aromatic N) is 2. The fraction of sp³-hybridized carbons (Fsp3) is 0.235. The van der Waals surface area contributed by atoms with Crippen LogP contribution in [0.4, 0.5) is 4.39 Å². The number of halogens is 1. The first-order chi connectivity index (χ1) is 10.1. The minimum absolute atomic E-state index is 0.183. The van der Waals surface area contributed by atoms with Gasteiger partial charge in [-0.25, -0.2) is 9.37 Å². The molecule has 0 atom stereocenters. The largest absolute Gasteiger partial charge is 0.310 e. The lowest BCUT2D eigenvalue weighted by molar-refractivity contribution is 0.553. The number of hydrogen-bond acceptors (Lipinski definition) is 2. The molecule has 3 rings (SSSR count). The van der Waals surface area contributed by atoms with Crippen LogP contribution in [0.5, 0.6) is 0 Å². The van der Waals surface area contributed by atoms with Crippen LogP contribution in [0.25, 0.3) is 16.9 Å². The number of fused-ring (bicyclic) bond motifs is 1. The monoisotopic (exact) mass is 283 g/mol. The molecule has 108 valence electrons. The van der Waals surface area contributed by atoms with Crippen molar-refractivity contribution in [3.8, 4) is 11.3 Å². The maximum Gasteiger partial charge on any atom is 0.137 e. The van der Waals surface area contributed by atoms with Crippen molar-refractivity contribution in [1.82, 2.24) is 14.7 Å². The molecule has 0 radical (unpaired) electrons. The van der Waals surface area contributed by atoms with E-state index < -0.39 is 0 Å². The van der Waals surface area contributed by atoms with Crippen molar-refractivity contribution in [1.29, 1.82) is 0 Å². The Bertz CT molecular complexity index is 762. The smallest absolute Gasteiger partial charge is 0.137 e. The molecule has 0 aliphatic rings. The second kappa shape index (κ2) is 5.66. The molecule has 0 amide bonds. The Morgan fingerprint density at radius 3 is 2.86 bits per heavy atom. The third kappa shape index (κ3) is 2.81. The van der Waals surface area contributed by atoms with Gasteiger partial charge in [-0.3, -0.25) is 4.40 Å². The molecular formula is C17H18FN3. The number of nitrogens with one attached hydrogen (secondary N) is 1. The fourth-order valence-corrected chi connectivity index (χ4v) is 2.35. The third-order valence-electron chi connectivity index (χ3n) is 3.48. The Balaban J connectivity index is 1.96. The van der Waals surface area contributed by atoms with Crippen LogP contribution in [-0.2, 0) is 6.54 Å². The molecule has 0 saturated carbocycles. The molecule has 3 nitrogen and oxygen atoms in total. The van der Waals surface area contributed by atoms with Gasteiger partial charge in [-0.2, -0.15) is 0 Å². The van der Waals surface area contributed by atoms with Gasteiger partial charge in [0.15, 0.2) is 0 Å². The number of rotatable bonds is 4. The SMILES string of the molecule is CC(C)NCc1ccc(-c2cccc3nccn23)cc1F. The zero-order valence-electron chi connectivity index (χ0n) is 12.2. The van der Waals surface area contributed by atoms with E-state index in [0.29, 0.717) is 18.2 Å².